The van der Waals surface area contributed by atoms with Gasteiger partial charge < -0.3 is 14.4 Å². The molecule has 0 aliphatic carbocycles. The minimum Gasteiger partial charge on any atom is -0.493 e. The quantitative estimate of drug-likeness (QED) is 0.809. The van der Waals surface area contributed by atoms with Gasteiger partial charge in [-0.1, -0.05) is 0 Å². The van der Waals surface area contributed by atoms with Crippen molar-refractivity contribution in [2.75, 3.05) is 33.4 Å². The first-order chi connectivity index (χ1) is 10.2. The predicted octanol–water partition coefficient (Wildman–Crippen LogP) is 2.48. The van der Waals surface area contributed by atoms with Gasteiger partial charge >= 0.3 is 0 Å². The second kappa shape index (κ2) is 7.98. The van der Waals surface area contributed by atoms with E-state index in [1.54, 1.807) is 19.2 Å². The minimum atomic E-state index is -0.269. The molecule has 1 saturated heterocycles. The number of carbonyl (C=O) groups is 1. The molecule has 21 heavy (non-hydrogen) atoms. The van der Waals surface area contributed by atoms with E-state index >= 15 is 0 Å². The number of methoxy groups -OCH3 is 1. The number of hydrogen-bond donors (Lipinski definition) is 0. The smallest absolute Gasteiger partial charge is 0.224 e. The highest BCUT2D eigenvalue weighted by Crippen LogP contribution is 2.19. The normalized spacial score (nSPS) is 18.6. The maximum atomic E-state index is 12.8. The maximum Gasteiger partial charge on any atom is 0.224 e. The van der Waals surface area contributed by atoms with Gasteiger partial charge in [-0.2, -0.15) is 0 Å². The van der Waals surface area contributed by atoms with Gasteiger partial charge in [0, 0.05) is 26.1 Å². The van der Waals surface area contributed by atoms with Gasteiger partial charge in [-0.3, -0.25) is 4.79 Å². The van der Waals surface area contributed by atoms with Gasteiger partial charge in [0.2, 0.25) is 5.91 Å². The van der Waals surface area contributed by atoms with E-state index in [-0.39, 0.29) is 11.7 Å². The Morgan fingerprint density at radius 3 is 2.86 bits per heavy atom. The number of hydrogen-bond acceptors (Lipinski definition) is 3. The number of ether oxygens (including phenoxy) is 2. The summed E-state index contributed by atoms with van der Waals surface area (Å²) in [7, 11) is 1.60. The lowest BCUT2D eigenvalue weighted by atomic mass is 9.98. The van der Waals surface area contributed by atoms with Crippen molar-refractivity contribution in [1.82, 2.24) is 4.90 Å². The van der Waals surface area contributed by atoms with Crippen LogP contribution >= 0.6 is 0 Å². The summed E-state index contributed by atoms with van der Waals surface area (Å²) < 4.78 is 23.4. The second-order valence-electron chi connectivity index (χ2n) is 5.36. The fourth-order valence-electron chi connectivity index (χ4n) is 2.52. The number of halogens is 1. The largest absolute Gasteiger partial charge is 0.493 e. The van der Waals surface area contributed by atoms with Crippen molar-refractivity contribution in [3.8, 4) is 5.75 Å². The van der Waals surface area contributed by atoms with Crippen LogP contribution in [0.4, 0.5) is 4.39 Å². The van der Waals surface area contributed by atoms with Crippen molar-refractivity contribution >= 4 is 5.91 Å². The lowest BCUT2D eigenvalue weighted by molar-refractivity contribution is -0.134. The highest BCUT2D eigenvalue weighted by molar-refractivity contribution is 5.76. The number of amides is 1. The van der Waals surface area contributed by atoms with Crippen LogP contribution in [0.15, 0.2) is 24.3 Å². The van der Waals surface area contributed by atoms with Crippen LogP contribution < -0.4 is 4.74 Å². The molecule has 1 aromatic carbocycles. The minimum absolute atomic E-state index is 0.142. The van der Waals surface area contributed by atoms with Gasteiger partial charge in [0.15, 0.2) is 0 Å². The number of piperidine rings is 1. The summed E-state index contributed by atoms with van der Waals surface area (Å²) in [5.41, 5.74) is 0. The monoisotopic (exact) mass is 295 g/mol. The van der Waals surface area contributed by atoms with Crippen LogP contribution in [0.2, 0.25) is 0 Å². The van der Waals surface area contributed by atoms with Gasteiger partial charge in [0.05, 0.1) is 19.6 Å². The maximum absolute atomic E-state index is 12.8. The molecule has 1 heterocycles. The fourth-order valence-corrected chi connectivity index (χ4v) is 2.52. The Hall–Kier alpha value is -1.62. The van der Waals surface area contributed by atoms with Gasteiger partial charge in [0.1, 0.15) is 11.6 Å². The summed E-state index contributed by atoms with van der Waals surface area (Å²) in [6.45, 7) is 2.56. The lowest BCUT2D eigenvalue weighted by Gasteiger charge is -2.32. The zero-order valence-corrected chi connectivity index (χ0v) is 12.4. The molecule has 0 N–H and O–H groups in total. The third-order valence-electron chi connectivity index (χ3n) is 3.69. The summed E-state index contributed by atoms with van der Waals surface area (Å²) in [4.78, 5) is 13.9. The lowest BCUT2D eigenvalue weighted by Crippen LogP contribution is -2.41. The molecule has 1 fully saturated rings. The molecule has 4 nitrogen and oxygen atoms in total. The average Bonchev–Trinajstić information content (AvgIpc) is 2.52. The Balaban J connectivity index is 1.78. The zero-order valence-electron chi connectivity index (χ0n) is 12.4. The number of benzene rings is 1. The van der Waals surface area contributed by atoms with E-state index < -0.39 is 0 Å². The third-order valence-corrected chi connectivity index (χ3v) is 3.69. The van der Waals surface area contributed by atoms with E-state index in [0.29, 0.717) is 31.3 Å². The number of rotatable bonds is 6. The van der Waals surface area contributed by atoms with E-state index in [1.165, 1.54) is 12.1 Å². The first-order valence-corrected chi connectivity index (χ1v) is 7.34. The van der Waals surface area contributed by atoms with Crippen LogP contribution in [-0.2, 0) is 9.53 Å². The highest BCUT2D eigenvalue weighted by Gasteiger charge is 2.23. The molecular formula is C16H22FNO3. The van der Waals surface area contributed by atoms with E-state index in [2.05, 4.69) is 0 Å². The number of likely N-dealkylation sites (tertiary alicyclic amines) is 1. The molecular weight excluding hydrogens is 273 g/mol. The van der Waals surface area contributed by atoms with Crippen LogP contribution in [0, 0.1) is 11.7 Å². The molecule has 0 radical (unpaired) electrons. The Kier molecular flexibility index (Phi) is 5.99. The summed E-state index contributed by atoms with van der Waals surface area (Å²) >= 11 is 0. The third kappa shape index (κ3) is 5.01. The molecule has 0 bridgehead atoms. The number of nitrogens with zero attached hydrogens (tertiary/aromatic N) is 1. The Morgan fingerprint density at radius 2 is 2.14 bits per heavy atom. The summed E-state index contributed by atoms with van der Waals surface area (Å²) in [5, 5.41) is 0. The van der Waals surface area contributed by atoms with Crippen LogP contribution in [0.5, 0.6) is 5.75 Å². The van der Waals surface area contributed by atoms with Crippen LogP contribution in [0.25, 0.3) is 0 Å². The summed E-state index contributed by atoms with van der Waals surface area (Å²) in [5.74, 6) is 0.868. The molecule has 116 valence electrons. The molecule has 2 rings (SSSR count). The summed E-state index contributed by atoms with van der Waals surface area (Å²) in [6, 6.07) is 6.02. The van der Waals surface area contributed by atoms with Crippen molar-refractivity contribution in [3.05, 3.63) is 30.1 Å². The highest BCUT2D eigenvalue weighted by atomic mass is 19.1. The number of carbonyl (C=O) groups excluding carboxylic acids is 1. The van der Waals surface area contributed by atoms with Gasteiger partial charge in [-0.05, 0) is 37.1 Å². The molecule has 1 unspecified atom stereocenters. The fraction of sp³-hybridized carbons (Fsp3) is 0.562. The molecule has 0 spiro atoms. The topological polar surface area (TPSA) is 38.8 Å². The average molecular weight is 295 g/mol. The van der Waals surface area contributed by atoms with Gasteiger partial charge in [-0.25, -0.2) is 4.39 Å². The van der Waals surface area contributed by atoms with E-state index in [4.69, 9.17) is 9.47 Å². The Morgan fingerprint density at radius 1 is 1.38 bits per heavy atom. The molecule has 5 heteroatoms. The first kappa shape index (κ1) is 15.8. The molecule has 1 aliphatic heterocycles. The van der Waals surface area contributed by atoms with Crippen molar-refractivity contribution < 1.29 is 18.7 Å². The first-order valence-electron chi connectivity index (χ1n) is 7.34. The molecule has 0 aromatic heterocycles. The van der Waals surface area contributed by atoms with Gasteiger partial charge in [0.25, 0.3) is 0 Å². The molecule has 0 saturated carbocycles. The van der Waals surface area contributed by atoms with E-state index in [9.17, 15) is 9.18 Å². The zero-order chi connectivity index (χ0) is 15.1. The van der Waals surface area contributed by atoms with Crippen LogP contribution in [-0.4, -0.2) is 44.2 Å². The van der Waals surface area contributed by atoms with Crippen molar-refractivity contribution in [1.29, 1.82) is 0 Å². The van der Waals surface area contributed by atoms with Gasteiger partial charge in [-0.15, -0.1) is 0 Å². The standard InChI is InChI=1S/C16H22FNO3/c1-20-10-8-16(19)18-9-2-3-13(11-18)12-21-15-6-4-14(17)5-7-15/h4-7,13H,2-3,8-12H2,1H3. The van der Waals surface area contributed by atoms with Crippen molar-refractivity contribution in [2.24, 2.45) is 5.92 Å². The van der Waals surface area contributed by atoms with Crippen LogP contribution in [0.3, 0.4) is 0 Å². The Bertz CT molecular complexity index is 449. The molecule has 1 aliphatic rings. The molecule has 1 atom stereocenters. The summed E-state index contributed by atoms with van der Waals surface area (Å²) in [6.07, 6.45) is 2.48. The van der Waals surface area contributed by atoms with Crippen molar-refractivity contribution in [3.63, 3.8) is 0 Å². The Labute approximate surface area is 124 Å². The van der Waals surface area contributed by atoms with E-state index in [0.717, 1.165) is 25.9 Å². The second-order valence-corrected chi connectivity index (χ2v) is 5.36. The van der Waals surface area contributed by atoms with Crippen LogP contribution in [0.1, 0.15) is 19.3 Å². The molecule has 1 aromatic rings. The SMILES string of the molecule is COCCC(=O)N1CCCC(COc2ccc(F)cc2)C1. The predicted molar refractivity (Wildman–Crippen MR) is 77.7 cm³/mol. The van der Waals surface area contributed by atoms with E-state index in [1.807, 2.05) is 4.90 Å². The molecule has 1 amide bonds. The van der Waals surface area contributed by atoms with Crippen molar-refractivity contribution in [2.45, 2.75) is 19.3 Å².